The van der Waals surface area contributed by atoms with E-state index in [1.807, 2.05) is 0 Å². The number of nitrogens with zero attached hydrogens (tertiary/aromatic N) is 3. The summed E-state index contributed by atoms with van der Waals surface area (Å²) >= 11 is 0. The number of amides is 1. The van der Waals surface area contributed by atoms with E-state index in [1.165, 1.54) is 30.3 Å². The van der Waals surface area contributed by atoms with E-state index in [2.05, 4.69) is 4.98 Å². The molecule has 0 N–H and O–H groups in total. The third-order valence-electron chi connectivity index (χ3n) is 5.71. The predicted octanol–water partition coefficient (Wildman–Crippen LogP) is 5.52. The fourth-order valence-corrected chi connectivity index (χ4v) is 4.11. The lowest BCUT2D eigenvalue weighted by molar-refractivity contribution is -0.384. The number of hydrogen-bond donors (Lipinski definition) is 0. The molecule has 1 unspecified atom stereocenters. The molecule has 1 amide bonds. The van der Waals surface area contributed by atoms with Crippen molar-refractivity contribution in [1.29, 1.82) is 0 Å². The first-order chi connectivity index (χ1) is 15.5. The number of aromatic nitrogens is 1. The first-order valence-corrected chi connectivity index (χ1v) is 10.2. The SMILES string of the molecule is O=C(c1ccc([N+](=O)[O-])cc1)N1CCCC1c1nc2cc(-c3ccccc3F)ccc2o1. The van der Waals surface area contributed by atoms with E-state index in [9.17, 15) is 19.3 Å². The number of oxazole rings is 1. The summed E-state index contributed by atoms with van der Waals surface area (Å²) < 4.78 is 20.1. The molecular weight excluding hydrogens is 413 g/mol. The van der Waals surface area contributed by atoms with Crippen LogP contribution in [0.15, 0.2) is 71.1 Å². The number of nitro groups is 1. The minimum Gasteiger partial charge on any atom is -0.438 e. The Balaban J connectivity index is 1.44. The number of benzene rings is 3. The van der Waals surface area contributed by atoms with Crippen molar-refractivity contribution in [3.8, 4) is 11.1 Å². The normalized spacial score (nSPS) is 15.9. The minimum absolute atomic E-state index is 0.0656. The van der Waals surface area contributed by atoms with Crippen molar-refractivity contribution < 1.29 is 18.5 Å². The van der Waals surface area contributed by atoms with Gasteiger partial charge in [-0.3, -0.25) is 14.9 Å². The van der Waals surface area contributed by atoms with Gasteiger partial charge in [-0.2, -0.15) is 0 Å². The molecule has 3 aromatic carbocycles. The van der Waals surface area contributed by atoms with Crippen LogP contribution < -0.4 is 0 Å². The van der Waals surface area contributed by atoms with Crippen molar-refractivity contribution in [2.75, 3.05) is 6.54 Å². The molecule has 1 aromatic heterocycles. The molecule has 4 aromatic rings. The Morgan fingerprint density at radius 2 is 1.91 bits per heavy atom. The summed E-state index contributed by atoms with van der Waals surface area (Å²) in [4.78, 5) is 29.7. The zero-order valence-corrected chi connectivity index (χ0v) is 16.9. The Morgan fingerprint density at radius 1 is 1.12 bits per heavy atom. The summed E-state index contributed by atoms with van der Waals surface area (Å²) in [5.74, 6) is -0.110. The van der Waals surface area contributed by atoms with Gasteiger partial charge in [0.2, 0.25) is 5.89 Å². The Hall–Kier alpha value is -4.07. The molecule has 1 atom stereocenters. The molecule has 1 fully saturated rings. The number of halogens is 1. The number of non-ortho nitro benzene ring substituents is 1. The first kappa shape index (κ1) is 19.9. The Kier molecular flexibility index (Phi) is 4.89. The van der Waals surface area contributed by atoms with Crippen molar-refractivity contribution in [3.63, 3.8) is 0 Å². The number of fused-ring (bicyclic) bond motifs is 1. The standard InChI is InChI=1S/C24H18FN3O4/c25-19-5-2-1-4-18(19)16-9-12-22-20(14-16)26-23(32-22)21-6-3-13-27(21)24(29)15-7-10-17(11-8-15)28(30)31/h1-2,4-5,7-12,14,21H,3,6,13H2. The fourth-order valence-electron chi connectivity index (χ4n) is 4.11. The molecule has 1 aliphatic heterocycles. The zero-order chi connectivity index (χ0) is 22.2. The smallest absolute Gasteiger partial charge is 0.269 e. The molecule has 1 aliphatic rings. The highest BCUT2D eigenvalue weighted by atomic mass is 19.1. The largest absolute Gasteiger partial charge is 0.438 e. The van der Waals surface area contributed by atoms with Crippen molar-refractivity contribution in [2.24, 2.45) is 0 Å². The highest BCUT2D eigenvalue weighted by molar-refractivity contribution is 5.95. The van der Waals surface area contributed by atoms with Crippen LogP contribution in [0.5, 0.6) is 0 Å². The lowest BCUT2D eigenvalue weighted by Crippen LogP contribution is -2.30. The van der Waals surface area contributed by atoms with Crippen molar-refractivity contribution in [3.05, 3.63) is 94.1 Å². The molecule has 7 nitrogen and oxygen atoms in total. The van der Waals surface area contributed by atoms with Crippen molar-refractivity contribution in [1.82, 2.24) is 9.88 Å². The molecule has 0 aliphatic carbocycles. The highest BCUT2D eigenvalue weighted by Crippen LogP contribution is 2.35. The van der Waals surface area contributed by atoms with Gasteiger partial charge in [-0.25, -0.2) is 9.37 Å². The Labute approximate surface area is 182 Å². The average molecular weight is 431 g/mol. The number of carbonyl (C=O) groups excluding carboxylic acids is 1. The van der Waals surface area contributed by atoms with Gasteiger partial charge < -0.3 is 9.32 Å². The second kappa shape index (κ2) is 7.88. The van der Waals surface area contributed by atoms with Crippen LogP contribution in [0, 0.1) is 15.9 Å². The highest BCUT2D eigenvalue weighted by Gasteiger charge is 2.34. The summed E-state index contributed by atoms with van der Waals surface area (Å²) in [6, 6.07) is 17.1. The van der Waals surface area contributed by atoms with E-state index in [4.69, 9.17) is 4.42 Å². The van der Waals surface area contributed by atoms with Gasteiger partial charge in [-0.1, -0.05) is 24.3 Å². The van der Waals surface area contributed by atoms with Gasteiger partial charge in [0.05, 0.1) is 4.92 Å². The molecule has 8 heteroatoms. The van der Waals surface area contributed by atoms with Crippen LogP contribution in [0.1, 0.15) is 35.1 Å². The molecule has 32 heavy (non-hydrogen) atoms. The summed E-state index contributed by atoms with van der Waals surface area (Å²) in [6.45, 7) is 0.541. The van der Waals surface area contributed by atoms with E-state index in [0.29, 0.717) is 46.6 Å². The van der Waals surface area contributed by atoms with E-state index < -0.39 is 4.92 Å². The van der Waals surface area contributed by atoms with Gasteiger partial charge in [0.15, 0.2) is 5.58 Å². The Morgan fingerprint density at radius 3 is 2.66 bits per heavy atom. The number of carbonyl (C=O) groups is 1. The summed E-state index contributed by atoms with van der Waals surface area (Å²) in [7, 11) is 0. The maximum absolute atomic E-state index is 14.2. The van der Waals surface area contributed by atoms with Crippen LogP contribution in [0.2, 0.25) is 0 Å². The maximum Gasteiger partial charge on any atom is 0.269 e. The zero-order valence-electron chi connectivity index (χ0n) is 16.9. The van der Waals surface area contributed by atoms with E-state index in [1.54, 1.807) is 41.3 Å². The molecule has 0 radical (unpaired) electrons. The average Bonchev–Trinajstić information content (AvgIpc) is 3.45. The quantitative estimate of drug-likeness (QED) is 0.314. The van der Waals surface area contributed by atoms with Crippen LogP contribution in [0.25, 0.3) is 22.2 Å². The molecule has 0 saturated carbocycles. The number of nitro benzene ring substituents is 1. The number of rotatable bonds is 4. The van der Waals surface area contributed by atoms with E-state index >= 15 is 0 Å². The summed E-state index contributed by atoms with van der Waals surface area (Å²) in [6.07, 6.45) is 1.49. The van der Waals surface area contributed by atoms with Crippen molar-refractivity contribution in [2.45, 2.75) is 18.9 Å². The van der Waals surface area contributed by atoms with Gasteiger partial charge in [0.25, 0.3) is 11.6 Å². The lowest BCUT2D eigenvalue weighted by Gasteiger charge is -2.22. The lowest BCUT2D eigenvalue weighted by atomic mass is 10.0. The van der Waals surface area contributed by atoms with Crippen LogP contribution >= 0.6 is 0 Å². The molecule has 0 spiro atoms. The molecule has 5 rings (SSSR count). The number of hydrogen-bond acceptors (Lipinski definition) is 5. The molecule has 1 saturated heterocycles. The van der Waals surface area contributed by atoms with Crippen LogP contribution in [-0.4, -0.2) is 27.3 Å². The topological polar surface area (TPSA) is 89.5 Å². The van der Waals surface area contributed by atoms with E-state index in [-0.39, 0.29) is 23.5 Å². The molecular formula is C24H18FN3O4. The van der Waals surface area contributed by atoms with Gasteiger partial charge in [-0.15, -0.1) is 0 Å². The molecule has 0 bridgehead atoms. The maximum atomic E-state index is 14.2. The monoisotopic (exact) mass is 431 g/mol. The Bertz CT molecular complexity index is 1330. The second-order valence-corrected chi connectivity index (χ2v) is 7.68. The molecule has 2 heterocycles. The minimum atomic E-state index is -0.499. The van der Waals surface area contributed by atoms with Crippen molar-refractivity contribution >= 4 is 22.7 Å². The third-order valence-corrected chi connectivity index (χ3v) is 5.71. The predicted molar refractivity (Wildman–Crippen MR) is 116 cm³/mol. The fraction of sp³-hybridized carbons (Fsp3) is 0.167. The van der Waals surface area contributed by atoms with Gasteiger partial charge in [-0.05, 0) is 48.7 Å². The van der Waals surface area contributed by atoms with Gasteiger partial charge in [0.1, 0.15) is 17.4 Å². The van der Waals surface area contributed by atoms with Gasteiger partial charge >= 0.3 is 0 Å². The first-order valence-electron chi connectivity index (χ1n) is 10.2. The van der Waals surface area contributed by atoms with Crippen LogP contribution in [-0.2, 0) is 0 Å². The van der Waals surface area contributed by atoms with E-state index in [0.717, 1.165) is 6.42 Å². The van der Waals surface area contributed by atoms with Crippen LogP contribution in [0.4, 0.5) is 10.1 Å². The van der Waals surface area contributed by atoms with Gasteiger partial charge in [0, 0.05) is 29.8 Å². The summed E-state index contributed by atoms with van der Waals surface area (Å²) in [5, 5.41) is 10.9. The summed E-state index contributed by atoms with van der Waals surface area (Å²) in [5.41, 5.74) is 2.64. The van der Waals surface area contributed by atoms with Crippen LogP contribution in [0.3, 0.4) is 0 Å². The molecule has 160 valence electrons. The number of likely N-dealkylation sites (tertiary alicyclic amines) is 1. The second-order valence-electron chi connectivity index (χ2n) is 7.68. The third kappa shape index (κ3) is 3.49.